The second kappa shape index (κ2) is 10.4. The van der Waals surface area contributed by atoms with E-state index >= 15 is 0 Å². The zero-order valence-corrected chi connectivity index (χ0v) is 15.5. The van der Waals surface area contributed by atoms with Crippen LogP contribution < -0.4 is 15.8 Å². The van der Waals surface area contributed by atoms with Crippen molar-refractivity contribution in [3.05, 3.63) is 59.2 Å². The van der Waals surface area contributed by atoms with E-state index in [2.05, 4.69) is 10.3 Å². The summed E-state index contributed by atoms with van der Waals surface area (Å²) in [5.74, 6) is 0.0754. The van der Waals surface area contributed by atoms with E-state index in [1.165, 1.54) is 0 Å². The van der Waals surface area contributed by atoms with E-state index in [0.717, 1.165) is 5.56 Å². The summed E-state index contributed by atoms with van der Waals surface area (Å²) >= 11 is 5.92. The Bertz CT molecular complexity index is 639. The number of carbonyl (C=O) groups is 1. The first kappa shape index (κ1) is 22.5. The standard InChI is InChI=1S/C16H18ClN3O2.2ClH/c1-16(18,12-6-3-2-4-7-12)15(21)20-10-11-22-14-13(17)8-5-9-19-14;;/h2-9H,10-11,18H2,1H3,(H,20,21);2*1H. The summed E-state index contributed by atoms with van der Waals surface area (Å²) in [6.07, 6.45) is 1.59. The van der Waals surface area contributed by atoms with Crippen LogP contribution in [0.15, 0.2) is 48.7 Å². The maximum atomic E-state index is 12.2. The summed E-state index contributed by atoms with van der Waals surface area (Å²) in [6.45, 7) is 2.24. The zero-order chi connectivity index (χ0) is 16.0. The SMILES string of the molecule is CC(N)(C(=O)NCCOc1ncccc1Cl)c1ccccc1.Cl.Cl. The van der Waals surface area contributed by atoms with Gasteiger partial charge in [0.2, 0.25) is 11.8 Å². The topological polar surface area (TPSA) is 77.2 Å². The van der Waals surface area contributed by atoms with Crippen molar-refractivity contribution in [2.24, 2.45) is 5.73 Å². The number of carbonyl (C=O) groups excluding carboxylic acids is 1. The van der Waals surface area contributed by atoms with Crippen LogP contribution in [0.3, 0.4) is 0 Å². The Hall–Kier alpha value is -1.53. The van der Waals surface area contributed by atoms with E-state index in [1.54, 1.807) is 25.3 Å². The Kier molecular flexibility index (Phi) is 9.70. The van der Waals surface area contributed by atoms with E-state index in [9.17, 15) is 4.79 Å². The molecule has 24 heavy (non-hydrogen) atoms. The molecule has 1 aromatic carbocycles. The molecule has 0 spiro atoms. The number of ether oxygens (including phenoxy) is 1. The maximum absolute atomic E-state index is 12.2. The van der Waals surface area contributed by atoms with E-state index in [1.807, 2.05) is 30.3 Å². The third kappa shape index (κ3) is 5.83. The molecule has 0 saturated heterocycles. The molecule has 5 nitrogen and oxygen atoms in total. The maximum Gasteiger partial charge on any atom is 0.244 e. The number of nitrogens with two attached hydrogens (primary N) is 1. The first-order valence-corrected chi connectivity index (χ1v) is 7.25. The number of halogens is 3. The Morgan fingerprint density at radius 1 is 1.25 bits per heavy atom. The largest absolute Gasteiger partial charge is 0.475 e. The van der Waals surface area contributed by atoms with Crippen molar-refractivity contribution in [1.29, 1.82) is 0 Å². The highest BCUT2D eigenvalue weighted by atomic mass is 35.5. The van der Waals surface area contributed by atoms with Gasteiger partial charge in [0.05, 0.1) is 6.54 Å². The third-order valence-corrected chi connectivity index (χ3v) is 3.48. The van der Waals surface area contributed by atoms with Gasteiger partial charge in [-0.15, -0.1) is 24.8 Å². The molecule has 0 bridgehead atoms. The number of amides is 1. The van der Waals surface area contributed by atoms with Gasteiger partial charge in [-0.3, -0.25) is 4.79 Å². The highest BCUT2D eigenvalue weighted by molar-refractivity contribution is 6.31. The summed E-state index contributed by atoms with van der Waals surface area (Å²) in [6, 6.07) is 12.6. The molecule has 3 N–H and O–H groups in total. The van der Waals surface area contributed by atoms with Gasteiger partial charge in [-0.1, -0.05) is 41.9 Å². The van der Waals surface area contributed by atoms with Crippen LogP contribution in [0.5, 0.6) is 5.88 Å². The first-order valence-electron chi connectivity index (χ1n) is 6.88. The highest BCUT2D eigenvalue weighted by Crippen LogP contribution is 2.20. The normalized spacial score (nSPS) is 12.1. The molecule has 2 rings (SSSR count). The minimum atomic E-state index is -1.09. The summed E-state index contributed by atoms with van der Waals surface area (Å²) in [5.41, 5.74) is 5.77. The Labute approximate surface area is 158 Å². The number of benzene rings is 1. The van der Waals surface area contributed by atoms with Crippen LogP contribution in [-0.2, 0) is 10.3 Å². The fraction of sp³-hybridized carbons (Fsp3) is 0.250. The molecule has 1 aromatic heterocycles. The van der Waals surface area contributed by atoms with E-state index in [4.69, 9.17) is 22.1 Å². The molecule has 8 heteroatoms. The quantitative estimate of drug-likeness (QED) is 0.741. The lowest BCUT2D eigenvalue weighted by atomic mass is 9.92. The first-order chi connectivity index (χ1) is 10.5. The van der Waals surface area contributed by atoms with Gasteiger partial charge >= 0.3 is 0 Å². The number of aromatic nitrogens is 1. The molecule has 0 aliphatic heterocycles. The van der Waals surface area contributed by atoms with Gasteiger partial charge in [-0.25, -0.2) is 4.98 Å². The van der Waals surface area contributed by atoms with Crippen molar-refractivity contribution in [2.45, 2.75) is 12.5 Å². The molecular formula is C16H20Cl3N3O2. The van der Waals surface area contributed by atoms with E-state index in [-0.39, 0.29) is 37.3 Å². The molecule has 1 unspecified atom stereocenters. The lowest BCUT2D eigenvalue weighted by Gasteiger charge is -2.24. The van der Waals surface area contributed by atoms with E-state index < -0.39 is 5.54 Å². The third-order valence-electron chi connectivity index (χ3n) is 3.20. The van der Waals surface area contributed by atoms with Gasteiger partial charge in [-0.05, 0) is 24.6 Å². The van der Waals surface area contributed by atoms with Crippen LogP contribution in [0, 0.1) is 0 Å². The average molecular weight is 393 g/mol. The Morgan fingerprint density at radius 2 is 1.92 bits per heavy atom. The van der Waals surface area contributed by atoms with Crippen LogP contribution in [0.2, 0.25) is 5.02 Å². The molecule has 0 saturated carbocycles. The van der Waals surface area contributed by atoms with Crippen LogP contribution >= 0.6 is 36.4 Å². The number of pyridine rings is 1. The van der Waals surface area contributed by atoms with Crippen LogP contribution in [0.1, 0.15) is 12.5 Å². The van der Waals surface area contributed by atoms with Crippen molar-refractivity contribution in [3.63, 3.8) is 0 Å². The summed E-state index contributed by atoms with van der Waals surface area (Å²) in [4.78, 5) is 16.2. The number of rotatable bonds is 6. The fourth-order valence-electron chi connectivity index (χ4n) is 1.89. The van der Waals surface area contributed by atoms with Crippen molar-refractivity contribution in [3.8, 4) is 5.88 Å². The van der Waals surface area contributed by atoms with Crippen molar-refractivity contribution in [1.82, 2.24) is 10.3 Å². The van der Waals surface area contributed by atoms with Gasteiger partial charge in [-0.2, -0.15) is 0 Å². The average Bonchev–Trinajstić information content (AvgIpc) is 2.53. The van der Waals surface area contributed by atoms with Crippen molar-refractivity contribution < 1.29 is 9.53 Å². The van der Waals surface area contributed by atoms with Gasteiger partial charge in [0.15, 0.2) is 0 Å². The van der Waals surface area contributed by atoms with Gasteiger partial charge in [0.1, 0.15) is 17.2 Å². The van der Waals surface area contributed by atoms with Crippen molar-refractivity contribution >= 4 is 42.3 Å². The Balaban J connectivity index is 0.00000264. The number of nitrogens with one attached hydrogen (secondary N) is 1. The van der Waals surface area contributed by atoms with E-state index in [0.29, 0.717) is 17.4 Å². The molecule has 2 aromatic rings. The second-order valence-electron chi connectivity index (χ2n) is 4.96. The highest BCUT2D eigenvalue weighted by Gasteiger charge is 2.29. The molecule has 132 valence electrons. The zero-order valence-electron chi connectivity index (χ0n) is 13.1. The summed E-state index contributed by atoms with van der Waals surface area (Å²) in [7, 11) is 0. The van der Waals surface area contributed by atoms with Crippen LogP contribution in [-0.4, -0.2) is 24.0 Å². The predicted octanol–water partition coefficient (Wildman–Crippen LogP) is 2.95. The number of hydrogen-bond acceptors (Lipinski definition) is 4. The summed E-state index contributed by atoms with van der Waals surface area (Å²) < 4.78 is 5.41. The van der Waals surface area contributed by atoms with Gasteiger partial charge < -0.3 is 15.8 Å². The fourth-order valence-corrected chi connectivity index (χ4v) is 2.06. The number of hydrogen-bond donors (Lipinski definition) is 2. The minimum Gasteiger partial charge on any atom is -0.475 e. The molecule has 1 heterocycles. The molecule has 0 aliphatic rings. The molecular weight excluding hydrogens is 373 g/mol. The second-order valence-corrected chi connectivity index (χ2v) is 5.37. The number of nitrogens with zero attached hydrogens (tertiary/aromatic N) is 1. The monoisotopic (exact) mass is 391 g/mol. The molecule has 1 amide bonds. The lowest BCUT2D eigenvalue weighted by molar-refractivity contribution is -0.126. The predicted molar refractivity (Wildman–Crippen MR) is 100 cm³/mol. The molecule has 0 fully saturated rings. The molecule has 0 radical (unpaired) electrons. The van der Waals surface area contributed by atoms with Crippen LogP contribution in [0.25, 0.3) is 0 Å². The van der Waals surface area contributed by atoms with Crippen molar-refractivity contribution in [2.75, 3.05) is 13.2 Å². The molecule has 1 atom stereocenters. The van der Waals surface area contributed by atoms with Crippen LogP contribution in [0.4, 0.5) is 0 Å². The molecule has 0 aliphatic carbocycles. The Morgan fingerprint density at radius 3 is 2.54 bits per heavy atom. The summed E-state index contributed by atoms with van der Waals surface area (Å²) in [5, 5.41) is 3.18. The smallest absolute Gasteiger partial charge is 0.244 e. The minimum absolute atomic E-state index is 0. The van der Waals surface area contributed by atoms with Gasteiger partial charge in [0.25, 0.3) is 0 Å². The lowest BCUT2D eigenvalue weighted by Crippen LogP contribution is -2.49. The van der Waals surface area contributed by atoms with Gasteiger partial charge in [0, 0.05) is 6.20 Å².